The van der Waals surface area contributed by atoms with Gasteiger partial charge in [0.1, 0.15) is 5.75 Å². The van der Waals surface area contributed by atoms with E-state index in [0.29, 0.717) is 22.9 Å². The molecule has 1 atom stereocenters. The van der Waals surface area contributed by atoms with Gasteiger partial charge in [-0.1, -0.05) is 29.8 Å². The average molecular weight is 479 g/mol. The molecule has 2 aromatic carbocycles. The van der Waals surface area contributed by atoms with E-state index in [2.05, 4.69) is 10.6 Å². The summed E-state index contributed by atoms with van der Waals surface area (Å²) in [5, 5.41) is 5.55. The predicted molar refractivity (Wildman–Crippen MR) is 119 cm³/mol. The van der Waals surface area contributed by atoms with Crippen LogP contribution in [0.2, 0.25) is 5.02 Å². The fourth-order valence-electron chi connectivity index (χ4n) is 3.34. The highest BCUT2D eigenvalue weighted by Crippen LogP contribution is 2.34. The first kappa shape index (κ1) is 23.6. The van der Waals surface area contributed by atoms with Gasteiger partial charge in [-0.3, -0.25) is 0 Å². The summed E-state index contributed by atoms with van der Waals surface area (Å²) in [5.41, 5.74) is 0.447. The summed E-state index contributed by atoms with van der Waals surface area (Å²) in [5.74, 6) is -0.884. The smallest absolute Gasteiger partial charge is 0.338 e. The van der Waals surface area contributed by atoms with E-state index in [1.807, 2.05) is 6.92 Å². The Morgan fingerprint density at radius 1 is 1.06 bits per heavy atom. The van der Waals surface area contributed by atoms with Crippen molar-refractivity contribution in [2.75, 3.05) is 19.0 Å². The van der Waals surface area contributed by atoms with Gasteiger partial charge in [-0.25, -0.2) is 18.0 Å². The number of rotatable bonds is 8. The van der Waals surface area contributed by atoms with Crippen molar-refractivity contribution in [3.8, 4) is 5.75 Å². The van der Waals surface area contributed by atoms with Crippen LogP contribution in [0, 0.1) is 0 Å². The summed E-state index contributed by atoms with van der Waals surface area (Å²) in [7, 11) is -3.91. The molecule has 0 aliphatic carbocycles. The van der Waals surface area contributed by atoms with Gasteiger partial charge in [0, 0.05) is 16.3 Å². The SMILES string of the molecule is CCOC(=O)C1=C(CS(=O)(=O)c2ccc(Cl)cc2)NC(=O)NC1c1ccccc1OCC. The number of amides is 2. The summed E-state index contributed by atoms with van der Waals surface area (Å²) >= 11 is 5.86. The third-order valence-electron chi connectivity index (χ3n) is 4.69. The number of hydrogen-bond donors (Lipinski definition) is 2. The molecule has 2 aromatic rings. The van der Waals surface area contributed by atoms with Crippen molar-refractivity contribution < 1.29 is 27.5 Å². The average Bonchev–Trinajstić information content (AvgIpc) is 2.74. The molecule has 8 nitrogen and oxygen atoms in total. The maximum atomic E-state index is 13.0. The van der Waals surface area contributed by atoms with Gasteiger partial charge in [-0.15, -0.1) is 0 Å². The number of halogens is 1. The fourth-order valence-corrected chi connectivity index (χ4v) is 4.79. The van der Waals surface area contributed by atoms with Gasteiger partial charge in [-0.05, 0) is 44.2 Å². The Bertz CT molecular complexity index is 1150. The van der Waals surface area contributed by atoms with Crippen molar-refractivity contribution in [2.24, 2.45) is 0 Å². The van der Waals surface area contributed by atoms with Gasteiger partial charge in [0.15, 0.2) is 9.84 Å². The molecular formula is C22H23ClN2O6S. The third-order valence-corrected chi connectivity index (χ3v) is 6.60. The molecule has 0 fully saturated rings. The Hall–Kier alpha value is -3.04. The maximum Gasteiger partial charge on any atom is 0.338 e. The first-order chi connectivity index (χ1) is 15.3. The zero-order valence-electron chi connectivity index (χ0n) is 17.6. The normalized spacial score (nSPS) is 16.2. The molecule has 0 bridgehead atoms. The van der Waals surface area contributed by atoms with Crippen LogP contribution in [-0.2, 0) is 19.4 Å². The lowest BCUT2D eigenvalue weighted by molar-refractivity contribution is -0.139. The number of ether oxygens (including phenoxy) is 2. The van der Waals surface area contributed by atoms with Crippen molar-refractivity contribution in [3.63, 3.8) is 0 Å². The molecule has 2 amide bonds. The van der Waals surface area contributed by atoms with Crippen LogP contribution in [0.15, 0.2) is 64.7 Å². The quantitative estimate of drug-likeness (QED) is 0.563. The highest BCUT2D eigenvalue weighted by Gasteiger charge is 2.37. The number of carbonyl (C=O) groups excluding carboxylic acids is 2. The zero-order valence-corrected chi connectivity index (χ0v) is 19.1. The summed E-state index contributed by atoms with van der Waals surface area (Å²) < 4.78 is 36.9. The standard InChI is InChI=1S/C22H23ClN2O6S/c1-3-30-18-8-6-5-7-16(18)20-19(21(26)31-4-2)17(24-22(27)25-20)13-32(28,29)15-11-9-14(23)10-12-15/h5-12,20H,3-4,13H2,1-2H3,(H2,24,25,27). The lowest BCUT2D eigenvalue weighted by Gasteiger charge is -2.30. The Kier molecular flexibility index (Phi) is 7.42. The van der Waals surface area contributed by atoms with E-state index in [9.17, 15) is 18.0 Å². The van der Waals surface area contributed by atoms with Crippen LogP contribution in [0.4, 0.5) is 4.79 Å². The van der Waals surface area contributed by atoms with Gasteiger partial charge in [-0.2, -0.15) is 0 Å². The lowest BCUT2D eigenvalue weighted by Crippen LogP contribution is -2.47. The lowest BCUT2D eigenvalue weighted by atomic mass is 9.95. The Labute approximate surface area is 191 Å². The molecule has 1 aliphatic heterocycles. The number of esters is 1. The number of para-hydroxylation sites is 1. The van der Waals surface area contributed by atoms with Crippen LogP contribution in [0.25, 0.3) is 0 Å². The van der Waals surface area contributed by atoms with Gasteiger partial charge >= 0.3 is 12.0 Å². The summed E-state index contributed by atoms with van der Waals surface area (Å²) in [6, 6.07) is 11.0. The molecule has 1 aliphatic rings. The molecule has 32 heavy (non-hydrogen) atoms. The second kappa shape index (κ2) is 10.1. The van der Waals surface area contributed by atoms with E-state index in [0.717, 1.165) is 0 Å². The molecular weight excluding hydrogens is 456 g/mol. The number of benzene rings is 2. The molecule has 2 N–H and O–H groups in total. The summed E-state index contributed by atoms with van der Waals surface area (Å²) in [6.45, 7) is 3.89. The van der Waals surface area contributed by atoms with Crippen molar-refractivity contribution in [1.29, 1.82) is 0 Å². The Morgan fingerprint density at radius 2 is 1.75 bits per heavy atom. The van der Waals surface area contributed by atoms with Gasteiger partial charge in [0.05, 0.1) is 35.5 Å². The van der Waals surface area contributed by atoms with E-state index < -0.39 is 33.6 Å². The van der Waals surface area contributed by atoms with Crippen LogP contribution >= 0.6 is 11.6 Å². The molecule has 1 heterocycles. The molecule has 0 saturated carbocycles. The van der Waals surface area contributed by atoms with Crippen molar-refractivity contribution in [2.45, 2.75) is 24.8 Å². The van der Waals surface area contributed by atoms with E-state index in [1.165, 1.54) is 24.3 Å². The molecule has 0 spiro atoms. The minimum Gasteiger partial charge on any atom is -0.494 e. The van der Waals surface area contributed by atoms with Crippen molar-refractivity contribution in [3.05, 3.63) is 70.4 Å². The van der Waals surface area contributed by atoms with Crippen molar-refractivity contribution in [1.82, 2.24) is 10.6 Å². The highest BCUT2D eigenvalue weighted by atomic mass is 35.5. The summed E-state index contributed by atoms with van der Waals surface area (Å²) in [4.78, 5) is 25.4. The molecule has 1 unspecified atom stereocenters. The minimum absolute atomic E-state index is 0.00357. The number of hydrogen-bond acceptors (Lipinski definition) is 6. The van der Waals surface area contributed by atoms with E-state index in [4.69, 9.17) is 21.1 Å². The maximum absolute atomic E-state index is 13.0. The fraction of sp³-hybridized carbons (Fsp3) is 0.273. The second-order valence-electron chi connectivity index (χ2n) is 6.83. The molecule has 3 rings (SSSR count). The van der Waals surface area contributed by atoms with Gasteiger partial charge in [0.25, 0.3) is 0 Å². The Balaban J connectivity index is 2.12. The van der Waals surface area contributed by atoms with Crippen LogP contribution in [-0.4, -0.2) is 39.4 Å². The van der Waals surface area contributed by atoms with E-state index in [-0.39, 0.29) is 22.8 Å². The molecule has 0 aromatic heterocycles. The van der Waals surface area contributed by atoms with Crippen LogP contribution < -0.4 is 15.4 Å². The number of urea groups is 1. The van der Waals surface area contributed by atoms with Crippen LogP contribution in [0.3, 0.4) is 0 Å². The number of sulfone groups is 1. The van der Waals surface area contributed by atoms with Crippen LogP contribution in [0.5, 0.6) is 5.75 Å². The third kappa shape index (κ3) is 5.23. The first-order valence-electron chi connectivity index (χ1n) is 9.94. The molecule has 0 radical (unpaired) electrons. The van der Waals surface area contributed by atoms with Crippen molar-refractivity contribution >= 4 is 33.4 Å². The second-order valence-corrected chi connectivity index (χ2v) is 9.25. The zero-order chi connectivity index (χ0) is 23.3. The number of nitrogens with one attached hydrogen (secondary N) is 2. The van der Waals surface area contributed by atoms with E-state index >= 15 is 0 Å². The van der Waals surface area contributed by atoms with Gasteiger partial charge in [0.2, 0.25) is 0 Å². The van der Waals surface area contributed by atoms with Gasteiger partial charge < -0.3 is 20.1 Å². The Morgan fingerprint density at radius 3 is 2.41 bits per heavy atom. The molecule has 10 heteroatoms. The van der Waals surface area contributed by atoms with E-state index in [1.54, 1.807) is 31.2 Å². The molecule has 170 valence electrons. The number of carbonyl (C=O) groups is 2. The van der Waals surface area contributed by atoms with Crippen LogP contribution in [0.1, 0.15) is 25.5 Å². The predicted octanol–water partition coefficient (Wildman–Crippen LogP) is 3.38. The monoisotopic (exact) mass is 478 g/mol. The first-order valence-corrected chi connectivity index (χ1v) is 12.0. The largest absolute Gasteiger partial charge is 0.494 e. The summed E-state index contributed by atoms with van der Waals surface area (Å²) in [6.07, 6.45) is 0. The highest BCUT2D eigenvalue weighted by molar-refractivity contribution is 7.91. The topological polar surface area (TPSA) is 111 Å². The minimum atomic E-state index is -3.91. The molecule has 0 saturated heterocycles.